The summed E-state index contributed by atoms with van der Waals surface area (Å²) in [4.78, 5) is 51.5. The second-order valence-corrected chi connectivity index (χ2v) is 4.13. The molecule has 0 aromatic carbocycles. The van der Waals surface area contributed by atoms with Crippen LogP contribution in [0, 0.1) is 0 Å². The number of Topliss-reactive ketones (excluding diaryl/α,β-unsaturated/α-hetero) is 1. The topological polar surface area (TPSA) is 170 Å². The van der Waals surface area contributed by atoms with Crippen LogP contribution in [-0.4, -0.2) is 58.1 Å². The van der Waals surface area contributed by atoms with E-state index in [-0.39, 0.29) is 31.6 Å². The predicted octanol–water partition coefficient (Wildman–Crippen LogP) is -0.326. The summed E-state index contributed by atoms with van der Waals surface area (Å²) in [5, 5.41) is 28.7. The highest BCUT2D eigenvalue weighted by Crippen LogP contribution is 1.98. The predicted molar refractivity (Wildman–Crippen MR) is 73.4 cm³/mol. The molecule has 0 aromatic heterocycles. The van der Waals surface area contributed by atoms with E-state index in [1.807, 2.05) is 0 Å². The number of hydrogen-bond acceptors (Lipinski definition) is 5. The van der Waals surface area contributed by atoms with Crippen molar-refractivity contribution < 1.29 is 39.3 Å². The van der Waals surface area contributed by atoms with Crippen molar-refractivity contribution in [2.24, 2.45) is 0 Å². The van der Waals surface area contributed by atoms with Crippen LogP contribution in [0.4, 0.5) is 4.79 Å². The van der Waals surface area contributed by atoms with Crippen molar-refractivity contribution in [1.29, 1.82) is 0 Å². The fourth-order valence-electron chi connectivity index (χ4n) is 1.27. The van der Waals surface area contributed by atoms with Crippen molar-refractivity contribution in [3.63, 3.8) is 0 Å². The standard InChI is InChI=1S/C11H18N2O6.CH2O2/c1-7(14)3-2-6-12-11(19)13-8(10(17)18)4-5-9(15)16;2-1-3/h8H,2-6H2,1H3,(H,15,16)(H,17,18)(H2,12,13,19);1H,(H,2,3). The number of hydrogen-bond donors (Lipinski definition) is 5. The highest BCUT2D eigenvalue weighted by atomic mass is 16.4. The van der Waals surface area contributed by atoms with Gasteiger partial charge in [0, 0.05) is 19.4 Å². The van der Waals surface area contributed by atoms with Gasteiger partial charge in [-0.1, -0.05) is 0 Å². The zero-order chi connectivity index (χ0) is 17.5. The van der Waals surface area contributed by atoms with Gasteiger partial charge in [-0.25, -0.2) is 9.59 Å². The van der Waals surface area contributed by atoms with E-state index in [0.29, 0.717) is 12.8 Å². The molecule has 2 amide bonds. The fourth-order valence-corrected chi connectivity index (χ4v) is 1.27. The molecule has 1 unspecified atom stereocenters. The molecule has 22 heavy (non-hydrogen) atoms. The third-order valence-corrected chi connectivity index (χ3v) is 2.24. The van der Waals surface area contributed by atoms with E-state index in [0.717, 1.165) is 0 Å². The molecule has 0 heterocycles. The molecule has 0 saturated carbocycles. The Kier molecular flexibility index (Phi) is 13.1. The highest BCUT2D eigenvalue weighted by molar-refractivity contribution is 5.83. The molecule has 0 aliphatic carbocycles. The lowest BCUT2D eigenvalue weighted by Gasteiger charge is -2.14. The maximum absolute atomic E-state index is 11.3. The largest absolute Gasteiger partial charge is 0.483 e. The molecular formula is C12H20N2O8. The molecule has 10 heteroatoms. The SMILES string of the molecule is CC(=O)CCCNC(=O)NC(CCC(=O)O)C(=O)O.O=CO. The normalized spacial score (nSPS) is 10.4. The van der Waals surface area contributed by atoms with Crippen LogP contribution in [-0.2, 0) is 19.2 Å². The smallest absolute Gasteiger partial charge is 0.326 e. The van der Waals surface area contributed by atoms with Crippen LogP contribution in [0.3, 0.4) is 0 Å². The van der Waals surface area contributed by atoms with Gasteiger partial charge in [-0.05, 0) is 19.8 Å². The second-order valence-electron chi connectivity index (χ2n) is 4.13. The number of carbonyl (C=O) groups excluding carboxylic acids is 2. The van der Waals surface area contributed by atoms with Gasteiger partial charge in [0.2, 0.25) is 0 Å². The van der Waals surface area contributed by atoms with E-state index in [2.05, 4.69) is 10.6 Å². The van der Waals surface area contributed by atoms with E-state index < -0.39 is 24.0 Å². The van der Waals surface area contributed by atoms with Crippen LogP contribution >= 0.6 is 0 Å². The molecule has 5 N–H and O–H groups in total. The number of aliphatic carboxylic acids is 2. The Bertz CT molecular complexity index is 397. The van der Waals surface area contributed by atoms with E-state index >= 15 is 0 Å². The third-order valence-electron chi connectivity index (χ3n) is 2.24. The number of ketones is 1. The summed E-state index contributed by atoms with van der Waals surface area (Å²) in [5.41, 5.74) is 0. The Morgan fingerprint density at radius 3 is 2.09 bits per heavy atom. The number of carboxylic acids is 2. The molecule has 0 spiro atoms. The molecular weight excluding hydrogens is 300 g/mol. The van der Waals surface area contributed by atoms with Crippen molar-refractivity contribution >= 4 is 30.2 Å². The van der Waals surface area contributed by atoms with Gasteiger partial charge in [-0.3, -0.25) is 9.59 Å². The number of carboxylic acid groups (broad SMARTS) is 3. The summed E-state index contributed by atoms with van der Waals surface area (Å²) in [5.74, 6) is -2.41. The summed E-state index contributed by atoms with van der Waals surface area (Å²) in [6, 6.07) is -1.94. The Morgan fingerprint density at radius 2 is 1.68 bits per heavy atom. The summed E-state index contributed by atoms with van der Waals surface area (Å²) in [6.45, 7) is 1.43. The molecule has 0 bridgehead atoms. The first-order chi connectivity index (χ1) is 10.2. The summed E-state index contributed by atoms with van der Waals surface area (Å²) < 4.78 is 0. The number of nitrogens with one attached hydrogen (secondary N) is 2. The second kappa shape index (κ2) is 13.3. The van der Waals surface area contributed by atoms with E-state index in [9.17, 15) is 19.2 Å². The van der Waals surface area contributed by atoms with Gasteiger partial charge in [0.25, 0.3) is 6.47 Å². The van der Waals surface area contributed by atoms with Gasteiger partial charge in [-0.15, -0.1) is 0 Å². The van der Waals surface area contributed by atoms with E-state index in [1.54, 1.807) is 0 Å². The van der Waals surface area contributed by atoms with Crippen LogP contribution in [0.5, 0.6) is 0 Å². The van der Waals surface area contributed by atoms with Gasteiger partial charge in [0.05, 0.1) is 0 Å². The molecule has 10 nitrogen and oxygen atoms in total. The first-order valence-electron chi connectivity index (χ1n) is 6.30. The van der Waals surface area contributed by atoms with Crippen LogP contribution in [0.25, 0.3) is 0 Å². The summed E-state index contributed by atoms with van der Waals surface area (Å²) >= 11 is 0. The van der Waals surface area contributed by atoms with Gasteiger partial charge in [-0.2, -0.15) is 0 Å². The molecule has 0 aromatic rings. The Labute approximate surface area is 126 Å². The molecule has 0 radical (unpaired) electrons. The summed E-state index contributed by atoms with van der Waals surface area (Å²) in [6.07, 6.45) is 0.268. The monoisotopic (exact) mass is 320 g/mol. The van der Waals surface area contributed by atoms with Crippen molar-refractivity contribution in [2.45, 2.75) is 38.6 Å². The van der Waals surface area contributed by atoms with Crippen LogP contribution in [0.15, 0.2) is 0 Å². The highest BCUT2D eigenvalue weighted by Gasteiger charge is 2.20. The molecule has 0 rings (SSSR count). The van der Waals surface area contributed by atoms with Crippen molar-refractivity contribution in [3.05, 3.63) is 0 Å². The minimum atomic E-state index is -1.29. The Morgan fingerprint density at radius 1 is 1.14 bits per heavy atom. The van der Waals surface area contributed by atoms with Crippen molar-refractivity contribution in [1.82, 2.24) is 10.6 Å². The number of carbonyl (C=O) groups is 5. The van der Waals surface area contributed by atoms with Crippen molar-refractivity contribution in [2.75, 3.05) is 6.54 Å². The number of amides is 2. The zero-order valence-electron chi connectivity index (χ0n) is 12.1. The zero-order valence-corrected chi connectivity index (χ0v) is 12.1. The number of urea groups is 1. The van der Waals surface area contributed by atoms with Crippen molar-refractivity contribution in [3.8, 4) is 0 Å². The van der Waals surface area contributed by atoms with Crippen LogP contribution < -0.4 is 10.6 Å². The third kappa shape index (κ3) is 15.4. The van der Waals surface area contributed by atoms with Gasteiger partial charge in [0.1, 0.15) is 11.8 Å². The van der Waals surface area contributed by atoms with Gasteiger partial charge >= 0.3 is 18.0 Å². The maximum Gasteiger partial charge on any atom is 0.326 e. The average Bonchev–Trinajstić information content (AvgIpc) is 2.39. The minimum Gasteiger partial charge on any atom is -0.483 e. The van der Waals surface area contributed by atoms with Gasteiger partial charge in [0.15, 0.2) is 0 Å². The molecule has 0 fully saturated rings. The maximum atomic E-state index is 11.3. The quantitative estimate of drug-likeness (QED) is 0.284. The first-order valence-corrected chi connectivity index (χ1v) is 6.30. The van der Waals surface area contributed by atoms with E-state index in [4.69, 9.17) is 20.1 Å². The Hall–Kier alpha value is -2.65. The van der Waals surface area contributed by atoms with Crippen LogP contribution in [0.2, 0.25) is 0 Å². The minimum absolute atomic E-state index is 0.00655. The fraction of sp³-hybridized carbons (Fsp3) is 0.583. The van der Waals surface area contributed by atoms with Crippen LogP contribution in [0.1, 0.15) is 32.6 Å². The van der Waals surface area contributed by atoms with E-state index in [1.165, 1.54) is 6.92 Å². The lowest BCUT2D eigenvalue weighted by atomic mass is 10.1. The molecule has 0 aliphatic heterocycles. The number of rotatable bonds is 9. The average molecular weight is 320 g/mol. The molecule has 0 saturated heterocycles. The lowest BCUT2D eigenvalue weighted by molar-refractivity contribution is -0.140. The molecule has 0 aliphatic rings. The lowest BCUT2D eigenvalue weighted by Crippen LogP contribution is -2.46. The summed E-state index contributed by atoms with van der Waals surface area (Å²) in [7, 11) is 0. The first kappa shape index (κ1) is 21.6. The molecule has 126 valence electrons. The molecule has 1 atom stereocenters. The Balaban J connectivity index is 0. The van der Waals surface area contributed by atoms with Gasteiger partial charge < -0.3 is 30.7 Å².